The van der Waals surface area contributed by atoms with Crippen molar-refractivity contribution in [1.29, 1.82) is 0 Å². The van der Waals surface area contributed by atoms with E-state index in [-0.39, 0.29) is 23.6 Å². The quantitative estimate of drug-likeness (QED) is 0.595. The standard InChI is InChI=1S/C24H21NO4S/c1-14(26)19-5-3-4-6-20(19)16-7-8-21-17(11-16)12-18(29-21)13-25-24(28)23-10-9-22(30-23)15(2)27/h3-11,18H,12-13H2,1-2H3,(H,25,28). The van der Waals surface area contributed by atoms with E-state index in [0.717, 1.165) is 22.4 Å². The van der Waals surface area contributed by atoms with Gasteiger partial charge in [-0.1, -0.05) is 30.3 Å². The van der Waals surface area contributed by atoms with E-state index in [1.54, 1.807) is 19.1 Å². The number of carbonyl (C=O) groups excluding carboxylic acids is 3. The molecule has 0 radical (unpaired) electrons. The molecule has 4 rings (SSSR count). The second kappa shape index (κ2) is 8.24. The molecule has 1 aromatic heterocycles. The summed E-state index contributed by atoms with van der Waals surface area (Å²) in [5.74, 6) is 0.580. The Bertz CT molecular complexity index is 1150. The van der Waals surface area contributed by atoms with Crippen LogP contribution >= 0.6 is 11.3 Å². The summed E-state index contributed by atoms with van der Waals surface area (Å²) < 4.78 is 5.97. The van der Waals surface area contributed by atoms with E-state index >= 15 is 0 Å². The molecule has 0 saturated carbocycles. The molecule has 1 aliphatic heterocycles. The van der Waals surface area contributed by atoms with E-state index in [1.807, 2.05) is 36.4 Å². The van der Waals surface area contributed by atoms with E-state index in [2.05, 4.69) is 11.4 Å². The third-order valence-corrected chi connectivity index (χ3v) is 6.27. The lowest BCUT2D eigenvalue weighted by molar-refractivity contribution is 0.0936. The summed E-state index contributed by atoms with van der Waals surface area (Å²) in [6.45, 7) is 3.43. The monoisotopic (exact) mass is 419 g/mol. The van der Waals surface area contributed by atoms with E-state index < -0.39 is 0 Å². The number of hydrogen-bond donors (Lipinski definition) is 1. The van der Waals surface area contributed by atoms with Gasteiger partial charge in [-0.2, -0.15) is 0 Å². The van der Waals surface area contributed by atoms with Gasteiger partial charge < -0.3 is 10.1 Å². The van der Waals surface area contributed by atoms with Crippen molar-refractivity contribution in [2.45, 2.75) is 26.4 Å². The van der Waals surface area contributed by atoms with Crippen molar-refractivity contribution in [2.24, 2.45) is 0 Å². The van der Waals surface area contributed by atoms with E-state index in [9.17, 15) is 14.4 Å². The predicted molar refractivity (Wildman–Crippen MR) is 117 cm³/mol. The minimum atomic E-state index is -0.205. The molecule has 2 heterocycles. The zero-order valence-electron chi connectivity index (χ0n) is 16.7. The van der Waals surface area contributed by atoms with Crippen LogP contribution in [-0.4, -0.2) is 30.1 Å². The van der Waals surface area contributed by atoms with Gasteiger partial charge in [0.2, 0.25) is 0 Å². The van der Waals surface area contributed by atoms with E-state index in [4.69, 9.17) is 4.74 Å². The highest BCUT2D eigenvalue weighted by Crippen LogP contribution is 2.34. The number of ether oxygens (including phenoxy) is 1. The summed E-state index contributed by atoms with van der Waals surface area (Å²) in [4.78, 5) is 36.8. The summed E-state index contributed by atoms with van der Waals surface area (Å²) >= 11 is 1.19. The number of Topliss-reactive ketones (excluding diaryl/α,β-unsaturated/α-hetero) is 2. The van der Waals surface area contributed by atoms with Crippen LogP contribution in [0.3, 0.4) is 0 Å². The first-order valence-corrected chi connectivity index (χ1v) is 10.5. The van der Waals surface area contributed by atoms with Crippen LogP contribution in [0.4, 0.5) is 0 Å². The largest absolute Gasteiger partial charge is 0.488 e. The van der Waals surface area contributed by atoms with E-state index in [0.29, 0.717) is 28.3 Å². The number of rotatable bonds is 6. The zero-order valence-corrected chi connectivity index (χ0v) is 17.5. The van der Waals surface area contributed by atoms with Crippen molar-refractivity contribution in [3.63, 3.8) is 0 Å². The molecular formula is C24H21NO4S. The van der Waals surface area contributed by atoms with Gasteiger partial charge in [0.25, 0.3) is 5.91 Å². The van der Waals surface area contributed by atoms with Crippen LogP contribution in [0.5, 0.6) is 5.75 Å². The summed E-state index contributed by atoms with van der Waals surface area (Å²) in [6, 6.07) is 16.8. The Labute approximate surface area is 178 Å². The Morgan fingerprint density at radius 1 is 1.00 bits per heavy atom. The fourth-order valence-electron chi connectivity index (χ4n) is 3.59. The van der Waals surface area contributed by atoms with Gasteiger partial charge in [0.05, 0.1) is 16.3 Å². The molecular weight excluding hydrogens is 398 g/mol. The Hall–Kier alpha value is -3.25. The number of benzene rings is 2. The molecule has 2 aromatic carbocycles. The Kier molecular flexibility index (Phi) is 5.50. The fraction of sp³-hybridized carbons (Fsp3) is 0.208. The number of carbonyl (C=O) groups is 3. The molecule has 5 nitrogen and oxygen atoms in total. The van der Waals surface area contributed by atoms with E-state index in [1.165, 1.54) is 18.3 Å². The molecule has 0 bridgehead atoms. The molecule has 1 unspecified atom stereocenters. The number of ketones is 2. The summed E-state index contributed by atoms with van der Waals surface area (Å²) in [5.41, 5.74) is 3.63. The van der Waals surface area contributed by atoms with Gasteiger partial charge in [-0.25, -0.2) is 0 Å². The lowest BCUT2D eigenvalue weighted by atomic mass is 9.95. The summed E-state index contributed by atoms with van der Waals surface area (Å²) in [7, 11) is 0. The van der Waals surface area contributed by atoms with Crippen LogP contribution in [0.1, 0.15) is 49.1 Å². The highest BCUT2D eigenvalue weighted by molar-refractivity contribution is 7.15. The van der Waals surface area contributed by atoms with Crippen LogP contribution in [0, 0.1) is 0 Å². The number of thiophene rings is 1. The van der Waals surface area contributed by atoms with Gasteiger partial charge in [-0.15, -0.1) is 11.3 Å². The molecule has 1 N–H and O–H groups in total. The smallest absolute Gasteiger partial charge is 0.261 e. The lowest BCUT2D eigenvalue weighted by Gasteiger charge is -2.11. The SMILES string of the molecule is CC(=O)c1ccc(C(=O)NCC2Cc3cc(-c4ccccc4C(C)=O)ccc3O2)s1. The molecule has 6 heteroatoms. The highest BCUT2D eigenvalue weighted by atomic mass is 32.1. The molecule has 0 aliphatic carbocycles. The lowest BCUT2D eigenvalue weighted by Crippen LogP contribution is -2.34. The van der Waals surface area contributed by atoms with Gasteiger partial charge >= 0.3 is 0 Å². The number of fused-ring (bicyclic) bond motifs is 1. The first kappa shape index (κ1) is 20.0. The van der Waals surface area contributed by atoms with Gasteiger partial charge in [0.1, 0.15) is 11.9 Å². The maximum Gasteiger partial charge on any atom is 0.261 e. The summed E-state index contributed by atoms with van der Waals surface area (Å²) in [5, 5.41) is 2.89. The van der Waals surface area contributed by atoms with Crippen molar-refractivity contribution in [3.05, 3.63) is 75.5 Å². The Balaban J connectivity index is 1.43. The maximum absolute atomic E-state index is 12.4. The molecule has 0 spiro atoms. The highest BCUT2D eigenvalue weighted by Gasteiger charge is 2.24. The zero-order chi connectivity index (χ0) is 21.3. The van der Waals surface area contributed by atoms with Gasteiger partial charge in [-0.05, 0) is 54.8 Å². The molecule has 1 amide bonds. The van der Waals surface area contributed by atoms with Gasteiger partial charge in [-0.3, -0.25) is 14.4 Å². The third-order valence-electron chi connectivity index (χ3n) is 5.09. The molecule has 152 valence electrons. The van der Waals surface area contributed by atoms with Crippen molar-refractivity contribution in [1.82, 2.24) is 5.32 Å². The summed E-state index contributed by atoms with van der Waals surface area (Å²) in [6.07, 6.45) is 0.518. The first-order valence-electron chi connectivity index (χ1n) is 9.71. The number of amides is 1. The van der Waals surface area contributed by atoms with Crippen LogP contribution < -0.4 is 10.1 Å². The minimum absolute atomic E-state index is 0.0319. The molecule has 0 saturated heterocycles. The average molecular weight is 420 g/mol. The molecule has 30 heavy (non-hydrogen) atoms. The van der Waals surface area contributed by atoms with Crippen LogP contribution in [0.15, 0.2) is 54.6 Å². The maximum atomic E-state index is 12.4. The number of hydrogen-bond acceptors (Lipinski definition) is 5. The van der Waals surface area contributed by atoms with Crippen molar-refractivity contribution < 1.29 is 19.1 Å². The van der Waals surface area contributed by atoms with Crippen LogP contribution in [0.25, 0.3) is 11.1 Å². The van der Waals surface area contributed by atoms with Crippen molar-refractivity contribution in [3.8, 4) is 16.9 Å². The Morgan fingerprint density at radius 2 is 1.77 bits per heavy atom. The first-order chi connectivity index (χ1) is 14.4. The molecule has 1 atom stereocenters. The normalized spacial score (nSPS) is 14.7. The molecule has 1 aliphatic rings. The average Bonchev–Trinajstić information content (AvgIpc) is 3.38. The second-order valence-electron chi connectivity index (χ2n) is 7.30. The predicted octanol–water partition coefficient (Wildman–Crippen LogP) is 4.55. The topological polar surface area (TPSA) is 72.5 Å². The third kappa shape index (κ3) is 4.04. The Morgan fingerprint density at radius 3 is 2.50 bits per heavy atom. The van der Waals surface area contributed by atoms with Gasteiger partial charge in [0, 0.05) is 12.0 Å². The fourth-order valence-corrected chi connectivity index (χ4v) is 4.40. The van der Waals surface area contributed by atoms with Crippen molar-refractivity contribution in [2.75, 3.05) is 6.54 Å². The molecule has 0 fully saturated rings. The van der Waals surface area contributed by atoms with Crippen molar-refractivity contribution >= 4 is 28.8 Å². The number of nitrogens with one attached hydrogen (secondary N) is 1. The van der Waals surface area contributed by atoms with Crippen LogP contribution in [-0.2, 0) is 6.42 Å². The second-order valence-corrected chi connectivity index (χ2v) is 8.38. The molecule has 3 aromatic rings. The van der Waals surface area contributed by atoms with Gasteiger partial charge in [0.15, 0.2) is 11.6 Å². The minimum Gasteiger partial charge on any atom is -0.488 e. The van der Waals surface area contributed by atoms with Crippen LogP contribution in [0.2, 0.25) is 0 Å².